The highest BCUT2D eigenvalue weighted by molar-refractivity contribution is 8.18. The van der Waals surface area contributed by atoms with Crippen LogP contribution >= 0.6 is 11.8 Å². The van der Waals surface area contributed by atoms with Gasteiger partial charge in [-0.15, -0.1) is 0 Å². The maximum Gasteiger partial charge on any atom is 0.310 e. The number of nitrogens with zero attached hydrogens (tertiary/aromatic N) is 1. The van der Waals surface area contributed by atoms with Gasteiger partial charge in [-0.3, -0.25) is 14.4 Å². The third-order valence-corrected chi connectivity index (χ3v) is 9.39. The fraction of sp³-hybridized carbons (Fsp3) is 0.171. The maximum absolute atomic E-state index is 13.1. The molecule has 5 aromatic carbocycles. The van der Waals surface area contributed by atoms with E-state index in [9.17, 15) is 19.5 Å². The van der Waals surface area contributed by atoms with Crippen LogP contribution in [0.25, 0.3) is 28.0 Å². The summed E-state index contributed by atoms with van der Waals surface area (Å²) >= 11 is 1.23. The molecule has 6 rings (SSSR count). The second kappa shape index (κ2) is 16.2. The predicted molar refractivity (Wildman–Crippen MR) is 199 cm³/mol. The number of rotatable bonds is 14. The molecule has 0 radical (unpaired) electrons. The maximum atomic E-state index is 13.1. The number of hydrogen-bond acceptors (Lipinski definition) is 6. The Bertz CT molecular complexity index is 2060. The second-order valence-electron chi connectivity index (χ2n) is 12.0. The highest BCUT2D eigenvalue weighted by atomic mass is 32.2. The lowest BCUT2D eigenvalue weighted by Crippen LogP contribution is -2.19. The van der Waals surface area contributed by atoms with E-state index in [0.29, 0.717) is 59.4 Å². The number of unbranched alkanes of at least 4 members (excludes halogenated alkanes) is 2. The van der Waals surface area contributed by atoms with E-state index in [4.69, 9.17) is 9.84 Å². The number of benzene rings is 5. The van der Waals surface area contributed by atoms with Crippen LogP contribution in [0.5, 0.6) is 5.75 Å². The molecule has 1 aliphatic heterocycles. The Labute approximate surface area is 294 Å². The fourth-order valence-corrected chi connectivity index (χ4v) is 6.65. The number of carbonyl (C=O) groups is 3. The third-order valence-electron chi connectivity index (χ3n) is 8.48. The molecular weight excluding hydrogens is 649 g/mol. The average Bonchev–Trinajstić information content (AvgIpc) is 3.47. The van der Waals surface area contributed by atoms with E-state index in [0.717, 1.165) is 33.0 Å². The van der Waals surface area contributed by atoms with E-state index in [1.165, 1.54) is 11.8 Å². The van der Waals surface area contributed by atoms with Gasteiger partial charge in [0.1, 0.15) is 12.4 Å². The minimum absolute atomic E-state index is 0.0836. The molecule has 1 aliphatic rings. The SMILES string of the molecule is O=C(O)CCCCCC(C(=O)O)c1ccc(N=C2NC(=O)/C(=C\c3cc4ccccc4cc3OCc3ccc(-c4ccccc4)cc3)S2)cc1. The van der Waals surface area contributed by atoms with Gasteiger partial charge in [0.15, 0.2) is 5.17 Å². The molecule has 1 amide bonds. The van der Waals surface area contributed by atoms with Crippen molar-refractivity contribution in [3.8, 4) is 16.9 Å². The molecule has 0 aromatic heterocycles. The molecule has 1 heterocycles. The number of amidine groups is 1. The molecule has 3 N–H and O–H groups in total. The number of aliphatic carboxylic acids is 2. The number of ether oxygens (including phenoxy) is 1. The highest BCUT2D eigenvalue weighted by Gasteiger charge is 2.25. The lowest BCUT2D eigenvalue weighted by molar-refractivity contribution is -0.139. The summed E-state index contributed by atoms with van der Waals surface area (Å²) in [6.07, 6.45) is 4.13. The molecule has 0 bridgehead atoms. The van der Waals surface area contributed by atoms with E-state index in [2.05, 4.69) is 46.7 Å². The Balaban J connectivity index is 1.15. The summed E-state index contributed by atoms with van der Waals surface area (Å²) in [6.45, 7) is 0.360. The van der Waals surface area contributed by atoms with Crippen molar-refractivity contribution in [2.45, 2.75) is 44.6 Å². The van der Waals surface area contributed by atoms with Gasteiger partial charge in [-0.2, -0.15) is 0 Å². The predicted octanol–water partition coefficient (Wildman–Crippen LogP) is 9.18. The Hall–Kier alpha value is -5.67. The first-order valence-electron chi connectivity index (χ1n) is 16.5. The summed E-state index contributed by atoms with van der Waals surface area (Å²) < 4.78 is 6.36. The van der Waals surface area contributed by atoms with E-state index >= 15 is 0 Å². The standard InChI is InChI=1S/C41H36N2O6S/c44-38(45)14-6-2-5-13-35(40(47)48)30-19-21-34(22-20-30)42-41-43-39(46)37(50-41)25-33-23-31-11-7-8-12-32(31)24-36(33)49-26-27-15-17-29(18-16-27)28-9-3-1-4-10-28/h1,3-4,7-12,15-25,35H,2,5-6,13-14,26H2,(H,44,45)(H,47,48)(H,42,43,46)/b37-25+. The van der Waals surface area contributed by atoms with Crippen LogP contribution in [-0.4, -0.2) is 33.2 Å². The van der Waals surface area contributed by atoms with Crippen LogP contribution in [0, 0.1) is 0 Å². The molecule has 1 fully saturated rings. The minimum atomic E-state index is -0.923. The first kappa shape index (κ1) is 34.2. The monoisotopic (exact) mass is 684 g/mol. The number of hydrogen-bond donors (Lipinski definition) is 3. The first-order chi connectivity index (χ1) is 24.3. The second-order valence-corrected chi connectivity index (χ2v) is 13.1. The van der Waals surface area contributed by atoms with Crippen molar-refractivity contribution < 1.29 is 29.3 Å². The minimum Gasteiger partial charge on any atom is -0.488 e. The van der Waals surface area contributed by atoms with Gasteiger partial charge in [0.2, 0.25) is 0 Å². The van der Waals surface area contributed by atoms with Gasteiger partial charge in [-0.05, 0) is 88.0 Å². The van der Waals surface area contributed by atoms with Crippen molar-refractivity contribution in [1.82, 2.24) is 5.32 Å². The molecule has 8 nitrogen and oxygen atoms in total. The number of fused-ring (bicyclic) bond motifs is 1. The smallest absolute Gasteiger partial charge is 0.310 e. The van der Waals surface area contributed by atoms with Crippen molar-refractivity contribution in [3.63, 3.8) is 0 Å². The largest absolute Gasteiger partial charge is 0.488 e. The van der Waals surface area contributed by atoms with Crippen LogP contribution in [0.15, 0.2) is 125 Å². The van der Waals surface area contributed by atoms with Crippen LogP contribution < -0.4 is 10.1 Å². The summed E-state index contributed by atoms with van der Waals surface area (Å²) in [6, 6.07) is 37.5. The molecule has 9 heteroatoms. The van der Waals surface area contributed by atoms with Crippen molar-refractivity contribution in [2.24, 2.45) is 4.99 Å². The van der Waals surface area contributed by atoms with Gasteiger partial charge in [-0.25, -0.2) is 4.99 Å². The number of aliphatic imine (C=N–C) groups is 1. The molecule has 1 saturated heterocycles. The molecule has 5 aromatic rings. The van der Waals surface area contributed by atoms with Crippen molar-refractivity contribution in [3.05, 3.63) is 137 Å². The highest BCUT2D eigenvalue weighted by Crippen LogP contribution is 2.34. The Morgan fingerprint density at radius 2 is 1.48 bits per heavy atom. The van der Waals surface area contributed by atoms with Gasteiger partial charge in [0.25, 0.3) is 5.91 Å². The number of carbonyl (C=O) groups excluding carboxylic acids is 1. The van der Waals surface area contributed by atoms with Gasteiger partial charge in [-0.1, -0.05) is 104 Å². The summed E-state index contributed by atoms with van der Waals surface area (Å²) in [5, 5.41) is 23.9. The summed E-state index contributed by atoms with van der Waals surface area (Å²) in [5.41, 5.74) is 5.32. The first-order valence-corrected chi connectivity index (χ1v) is 17.3. The molecule has 0 aliphatic carbocycles. The van der Waals surface area contributed by atoms with Crippen LogP contribution in [0.2, 0.25) is 0 Å². The van der Waals surface area contributed by atoms with Gasteiger partial charge < -0.3 is 20.3 Å². The quantitative estimate of drug-likeness (QED) is 0.0787. The molecule has 0 saturated carbocycles. The zero-order valence-corrected chi connectivity index (χ0v) is 28.1. The zero-order chi connectivity index (χ0) is 34.9. The lowest BCUT2D eigenvalue weighted by Gasteiger charge is -2.13. The number of carboxylic acid groups (broad SMARTS) is 2. The number of carboxylic acids is 2. The normalized spacial score (nSPS) is 14.9. The van der Waals surface area contributed by atoms with Crippen LogP contribution in [0.3, 0.4) is 0 Å². The van der Waals surface area contributed by atoms with Crippen LogP contribution in [-0.2, 0) is 21.0 Å². The number of amides is 1. The number of thioether (sulfide) groups is 1. The molecule has 0 spiro atoms. The molecule has 252 valence electrons. The topological polar surface area (TPSA) is 125 Å². The van der Waals surface area contributed by atoms with Gasteiger partial charge in [0, 0.05) is 12.0 Å². The van der Waals surface area contributed by atoms with E-state index in [1.807, 2.05) is 60.7 Å². The van der Waals surface area contributed by atoms with Gasteiger partial charge >= 0.3 is 11.9 Å². The summed E-state index contributed by atoms with van der Waals surface area (Å²) in [4.78, 5) is 40.8. The summed E-state index contributed by atoms with van der Waals surface area (Å²) in [5.74, 6) is -2.07. The molecular formula is C41H36N2O6S. The molecule has 1 unspecified atom stereocenters. The van der Waals surface area contributed by atoms with Gasteiger partial charge in [0.05, 0.1) is 16.5 Å². The van der Waals surface area contributed by atoms with Crippen molar-refractivity contribution in [1.29, 1.82) is 0 Å². The summed E-state index contributed by atoms with van der Waals surface area (Å²) in [7, 11) is 0. The van der Waals surface area contributed by atoms with E-state index in [1.54, 1.807) is 24.3 Å². The van der Waals surface area contributed by atoms with E-state index in [-0.39, 0.29) is 12.3 Å². The Morgan fingerprint density at radius 3 is 2.18 bits per heavy atom. The Morgan fingerprint density at radius 1 is 0.800 bits per heavy atom. The van der Waals surface area contributed by atoms with Crippen molar-refractivity contribution in [2.75, 3.05) is 0 Å². The lowest BCUT2D eigenvalue weighted by atomic mass is 9.93. The number of nitrogens with one attached hydrogen (secondary N) is 1. The zero-order valence-electron chi connectivity index (χ0n) is 27.2. The molecule has 50 heavy (non-hydrogen) atoms. The van der Waals surface area contributed by atoms with Crippen LogP contribution in [0.4, 0.5) is 5.69 Å². The van der Waals surface area contributed by atoms with Crippen molar-refractivity contribution >= 4 is 57.3 Å². The molecule has 1 atom stereocenters. The fourth-order valence-electron chi connectivity index (χ4n) is 5.81. The average molecular weight is 685 g/mol. The third kappa shape index (κ3) is 8.86. The van der Waals surface area contributed by atoms with Crippen LogP contribution in [0.1, 0.15) is 54.7 Å². The van der Waals surface area contributed by atoms with E-state index < -0.39 is 17.9 Å². The Kier molecular flexibility index (Phi) is 11.0.